The molecule has 5 heteroatoms. The minimum atomic E-state index is -0.347. The lowest BCUT2D eigenvalue weighted by Crippen LogP contribution is -2.58. The molecule has 1 aliphatic carbocycles. The first-order valence-electron chi connectivity index (χ1n) is 8.23. The van der Waals surface area contributed by atoms with E-state index in [1.54, 1.807) is 0 Å². The van der Waals surface area contributed by atoms with Gasteiger partial charge in [0, 0.05) is 5.69 Å². The zero-order valence-electron chi connectivity index (χ0n) is 13.3. The second-order valence-electron chi connectivity index (χ2n) is 6.23. The number of rotatable bonds is 3. The largest absolute Gasteiger partial charge is 0.369 e. The standard InChI is InChI=1S/C17H25N5/c1-2-6-13-7-9-14(10-8-13)22-16(19)20-15(18)21-17(22)11-4-3-5-12-17/h7-10H,2-6,11-12H2,1H3,(H4,18,19,20,21). The lowest BCUT2D eigenvalue weighted by molar-refractivity contribution is 0.305. The van der Waals surface area contributed by atoms with Gasteiger partial charge in [-0.1, -0.05) is 31.9 Å². The topological polar surface area (TPSA) is 80.0 Å². The van der Waals surface area contributed by atoms with E-state index in [-0.39, 0.29) is 5.66 Å². The van der Waals surface area contributed by atoms with E-state index in [1.807, 2.05) is 0 Å². The van der Waals surface area contributed by atoms with Crippen LogP contribution in [0, 0.1) is 0 Å². The van der Waals surface area contributed by atoms with E-state index in [9.17, 15) is 0 Å². The zero-order valence-corrected chi connectivity index (χ0v) is 13.3. The number of hydrogen-bond acceptors (Lipinski definition) is 5. The van der Waals surface area contributed by atoms with Crippen LogP contribution in [-0.4, -0.2) is 17.6 Å². The van der Waals surface area contributed by atoms with E-state index < -0.39 is 0 Å². The number of aliphatic imine (C=N–C) groups is 2. The highest BCUT2D eigenvalue weighted by Crippen LogP contribution is 2.39. The molecule has 2 aliphatic rings. The highest BCUT2D eigenvalue weighted by atomic mass is 15.4. The molecule has 0 saturated heterocycles. The molecular formula is C17H25N5. The van der Waals surface area contributed by atoms with Crippen LogP contribution in [0.15, 0.2) is 34.3 Å². The summed E-state index contributed by atoms with van der Waals surface area (Å²) in [5.74, 6) is 0.760. The van der Waals surface area contributed by atoms with E-state index in [0.29, 0.717) is 11.9 Å². The molecule has 1 aromatic carbocycles. The molecule has 0 radical (unpaired) electrons. The Balaban J connectivity index is 1.96. The third kappa shape index (κ3) is 2.67. The third-order valence-electron chi connectivity index (χ3n) is 4.58. The number of aryl methyl sites for hydroxylation is 1. The van der Waals surface area contributed by atoms with Crippen LogP contribution >= 0.6 is 0 Å². The number of guanidine groups is 2. The molecule has 1 fully saturated rings. The van der Waals surface area contributed by atoms with E-state index in [4.69, 9.17) is 16.5 Å². The highest BCUT2D eigenvalue weighted by Gasteiger charge is 2.42. The molecule has 1 saturated carbocycles. The Morgan fingerprint density at radius 3 is 2.41 bits per heavy atom. The summed E-state index contributed by atoms with van der Waals surface area (Å²) < 4.78 is 0. The summed E-state index contributed by atoms with van der Waals surface area (Å²) in [4.78, 5) is 11.0. The van der Waals surface area contributed by atoms with Crippen molar-refractivity contribution in [3.63, 3.8) is 0 Å². The Hall–Kier alpha value is -2.04. The van der Waals surface area contributed by atoms with Gasteiger partial charge in [-0.15, -0.1) is 0 Å². The van der Waals surface area contributed by atoms with Crippen molar-refractivity contribution >= 4 is 17.6 Å². The van der Waals surface area contributed by atoms with Crippen LogP contribution in [0.3, 0.4) is 0 Å². The van der Waals surface area contributed by atoms with E-state index in [2.05, 4.69) is 41.1 Å². The zero-order chi connectivity index (χ0) is 15.6. The summed E-state index contributed by atoms with van der Waals surface area (Å²) in [6.45, 7) is 2.19. The summed E-state index contributed by atoms with van der Waals surface area (Å²) in [5.41, 5.74) is 14.2. The molecule has 0 unspecified atom stereocenters. The van der Waals surface area contributed by atoms with Gasteiger partial charge in [0.25, 0.3) is 0 Å². The van der Waals surface area contributed by atoms with E-state index >= 15 is 0 Å². The van der Waals surface area contributed by atoms with Crippen LogP contribution in [0.25, 0.3) is 0 Å². The number of benzene rings is 1. The maximum Gasteiger partial charge on any atom is 0.220 e. The van der Waals surface area contributed by atoms with Crippen LogP contribution < -0.4 is 16.4 Å². The first-order valence-corrected chi connectivity index (χ1v) is 8.23. The van der Waals surface area contributed by atoms with Gasteiger partial charge in [-0.3, -0.25) is 4.90 Å². The van der Waals surface area contributed by atoms with Crippen molar-refractivity contribution in [2.45, 2.75) is 57.5 Å². The first kappa shape index (κ1) is 14.9. The first-order chi connectivity index (χ1) is 10.6. The molecule has 0 bridgehead atoms. The highest BCUT2D eigenvalue weighted by molar-refractivity contribution is 6.05. The molecule has 1 aromatic rings. The molecule has 22 heavy (non-hydrogen) atoms. The van der Waals surface area contributed by atoms with Crippen LogP contribution in [0.4, 0.5) is 5.69 Å². The molecule has 0 atom stereocenters. The van der Waals surface area contributed by atoms with Crippen LogP contribution in [-0.2, 0) is 6.42 Å². The van der Waals surface area contributed by atoms with Gasteiger partial charge in [0.2, 0.25) is 11.9 Å². The number of nitrogens with zero attached hydrogens (tertiary/aromatic N) is 3. The summed E-state index contributed by atoms with van der Waals surface area (Å²) >= 11 is 0. The Labute approximate surface area is 132 Å². The van der Waals surface area contributed by atoms with Crippen molar-refractivity contribution in [2.24, 2.45) is 21.5 Å². The predicted octanol–water partition coefficient (Wildman–Crippen LogP) is 2.75. The minimum Gasteiger partial charge on any atom is -0.369 e. The van der Waals surface area contributed by atoms with Gasteiger partial charge in [-0.25, -0.2) is 4.99 Å². The fourth-order valence-corrected chi connectivity index (χ4v) is 3.60. The van der Waals surface area contributed by atoms with Crippen LogP contribution in [0.5, 0.6) is 0 Å². The molecule has 0 amide bonds. The lowest BCUT2D eigenvalue weighted by Gasteiger charge is -2.45. The average Bonchev–Trinajstić information content (AvgIpc) is 2.49. The molecule has 0 aromatic heterocycles. The quantitative estimate of drug-likeness (QED) is 0.900. The maximum atomic E-state index is 6.22. The second-order valence-corrected chi connectivity index (χ2v) is 6.23. The van der Waals surface area contributed by atoms with Crippen molar-refractivity contribution < 1.29 is 0 Å². The summed E-state index contributed by atoms with van der Waals surface area (Å²) in [7, 11) is 0. The third-order valence-corrected chi connectivity index (χ3v) is 4.58. The van der Waals surface area contributed by atoms with Crippen molar-refractivity contribution in [3.05, 3.63) is 29.8 Å². The van der Waals surface area contributed by atoms with Crippen molar-refractivity contribution in [1.29, 1.82) is 0 Å². The maximum absolute atomic E-state index is 6.22. The molecule has 4 N–H and O–H groups in total. The van der Waals surface area contributed by atoms with Crippen LogP contribution in [0.2, 0.25) is 0 Å². The van der Waals surface area contributed by atoms with Gasteiger partial charge in [0.1, 0.15) is 5.66 Å². The van der Waals surface area contributed by atoms with Gasteiger partial charge < -0.3 is 11.5 Å². The van der Waals surface area contributed by atoms with E-state index in [0.717, 1.165) is 44.2 Å². The molecular weight excluding hydrogens is 274 g/mol. The Morgan fingerprint density at radius 2 is 1.77 bits per heavy atom. The fraction of sp³-hybridized carbons (Fsp3) is 0.529. The van der Waals surface area contributed by atoms with Gasteiger partial charge in [-0.05, 0) is 49.8 Å². The summed E-state index contributed by atoms with van der Waals surface area (Å²) in [6, 6.07) is 8.59. The SMILES string of the molecule is CCCc1ccc(N2C(N)=NC(N)=NC23CCCCC3)cc1. The Morgan fingerprint density at radius 1 is 1.09 bits per heavy atom. The van der Waals surface area contributed by atoms with Gasteiger partial charge in [0.15, 0.2) is 0 Å². The number of nitrogens with two attached hydrogens (primary N) is 2. The monoisotopic (exact) mass is 299 g/mol. The smallest absolute Gasteiger partial charge is 0.220 e. The van der Waals surface area contributed by atoms with Gasteiger partial charge in [0.05, 0.1) is 0 Å². The van der Waals surface area contributed by atoms with Crippen molar-refractivity contribution in [3.8, 4) is 0 Å². The molecule has 5 nitrogen and oxygen atoms in total. The fourth-order valence-electron chi connectivity index (χ4n) is 3.60. The molecule has 118 valence electrons. The number of hydrogen-bond donors (Lipinski definition) is 2. The minimum absolute atomic E-state index is 0.304. The van der Waals surface area contributed by atoms with Gasteiger partial charge >= 0.3 is 0 Å². The Kier molecular flexibility index (Phi) is 4.05. The molecule has 1 aliphatic heterocycles. The lowest BCUT2D eigenvalue weighted by atomic mass is 9.87. The Bertz CT molecular complexity index is 582. The average molecular weight is 299 g/mol. The summed E-state index contributed by atoms with van der Waals surface area (Å²) in [6.07, 6.45) is 7.74. The van der Waals surface area contributed by atoms with Crippen molar-refractivity contribution in [2.75, 3.05) is 4.90 Å². The number of anilines is 1. The molecule has 3 rings (SSSR count). The van der Waals surface area contributed by atoms with Gasteiger partial charge in [-0.2, -0.15) is 4.99 Å². The molecule has 1 spiro atoms. The summed E-state index contributed by atoms with van der Waals surface area (Å²) in [5, 5.41) is 0. The molecule has 1 heterocycles. The normalized spacial score (nSPS) is 20.7. The second kappa shape index (κ2) is 5.99. The predicted molar refractivity (Wildman–Crippen MR) is 92.0 cm³/mol. The van der Waals surface area contributed by atoms with E-state index in [1.165, 1.54) is 12.0 Å². The van der Waals surface area contributed by atoms with Crippen LogP contribution in [0.1, 0.15) is 51.0 Å². The van der Waals surface area contributed by atoms with Crippen molar-refractivity contribution in [1.82, 2.24) is 0 Å².